The smallest absolute Gasteiger partial charge is 0.306 e. The van der Waals surface area contributed by atoms with Crippen molar-refractivity contribution >= 4 is 17.7 Å². The lowest BCUT2D eigenvalue weighted by Crippen LogP contribution is -2.39. The average molecular weight is 549 g/mol. The number of aliphatic hydroxyl groups is 1. The normalized spacial score (nSPS) is 17.7. The fraction of sp³-hybridized carbons (Fsp3) is 0.406. The van der Waals surface area contributed by atoms with Crippen molar-refractivity contribution in [3.8, 4) is 28.4 Å². The van der Waals surface area contributed by atoms with Crippen molar-refractivity contribution in [2.24, 2.45) is 0 Å². The van der Waals surface area contributed by atoms with Crippen LogP contribution in [0.15, 0.2) is 54.6 Å². The lowest BCUT2D eigenvalue weighted by molar-refractivity contribution is -0.141. The van der Waals surface area contributed by atoms with Gasteiger partial charge in [0.05, 0.1) is 20.1 Å². The van der Waals surface area contributed by atoms with Gasteiger partial charge in [-0.1, -0.05) is 24.3 Å². The lowest BCUT2D eigenvalue weighted by Gasteiger charge is -2.31. The van der Waals surface area contributed by atoms with Crippen LogP contribution in [0.2, 0.25) is 0 Å². The second-order valence-corrected chi connectivity index (χ2v) is 11.8. The Bertz CT molecular complexity index is 1310. The van der Waals surface area contributed by atoms with E-state index in [-0.39, 0.29) is 11.9 Å². The third kappa shape index (κ3) is 6.53. The van der Waals surface area contributed by atoms with E-state index in [0.717, 1.165) is 69.4 Å². The minimum Gasteiger partial charge on any atom is -0.492 e. The first-order valence-electron chi connectivity index (χ1n) is 13.4. The standard InChI is InChI=1S/C32H36O6S/c1-21-13-27(38-20-32(34)9-11-39-12-10-32)14-22(2)31(21)24-6-4-5-23(15-24)18-36-26-7-8-28-25(16-30(33)35-3)19-37-29(28)17-26/h4-8,13-15,17,25,34H,9-12,16,18-20H2,1-3H3. The molecule has 1 unspecified atom stereocenters. The number of fused-ring (bicyclic) bond motifs is 1. The number of aryl methyl sites for hydroxylation is 2. The molecule has 0 spiro atoms. The Balaban J connectivity index is 1.24. The molecule has 2 aliphatic heterocycles. The van der Waals surface area contributed by atoms with Crippen molar-refractivity contribution in [3.63, 3.8) is 0 Å². The number of ether oxygens (including phenoxy) is 4. The molecule has 1 saturated heterocycles. The van der Waals surface area contributed by atoms with E-state index in [1.54, 1.807) is 0 Å². The van der Waals surface area contributed by atoms with Gasteiger partial charge in [-0.05, 0) is 90.3 Å². The Morgan fingerprint density at radius 1 is 1.03 bits per heavy atom. The van der Waals surface area contributed by atoms with E-state index in [0.29, 0.717) is 26.2 Å². The topological polar surface area (TPSA) is 74.2 Å². The van der Waals surface area contributed by atoms with Gasteiger partial charge in [0.25, 0.3) is 0 Å². The van der Waals surface area contributed by atoms with Crippen LogP contribution in [0.1, 0.15) is 47.4 Å². The maximum Gasteiger partial charge on any atom is 0.306 e. The quantitative estimate of drug-likeness (QED) is 0.318. The molecule has 39 heavy (non-hydrogen) atoms. The fourth-order valence-electron chi connectivity index (χ4n) is 5.36. The van der Waals surface area contributed by atoms with Crippen LogP contribution in [-0.2, 0) is 16.1 Å². The number of rotatable bonds is 9. The average Bonchev–Trinajstić information content (AvgIpc) is 3.33. The second-order valence-electron chi connectivity index (χ2n) is 10.5. The minimum atomic E-state index is -0.726. The van der Waals surface area contributed by atoms with E-state index in [1.165, 1.54) is 12.7 Å². The van der Waals surface area contributed by atoms with Crippen LogP contribution < -0.4 is 14.2 Å². The molecule has 1 fully saturated rings. The van der Waals surface area contributed by atoms with Crippen LogP contribution in [-0.4, -0.2) is 48.5 Å². The second kappa shape index (κ2) is 11.9. The van der Waals surface area contributed by atoms with E-state index in [9.17, 15) is 9.90 Å². The largest absolute Gasteiger partial charge is 0.492 e. The SMILES string of the molecule is COC(=O)CC1COc2cc(OCc3cccc(-c4c(C)cc(OCC5(O)CCSCC5)cc4C)c3)ccc21. The van der Waals surface area contributed by atoms with Crippen molar-refractivity contribution in [1.82, 2.24) is 0 Å². The fourth-order valence-corrected chi connectivity index (χ4v) is 6.61. The van der Waals surface area contributed by atoms with Gasteiger partial charge in [0, 0.05) is 17.5 Å². The first kappa shape index (κ1) is 27.4. The number of carbonyl (C=O) groups excluding carboxylic acids is 1. The maximum absolute atomic E-state index is 11.7. The van der Waals surface area contributed by atoms with Gasteiger partial charge < -0.3 is 24.1 Å². The molecule has 5 rings (SSSR count). The van der Waals surface area contributed by atoms with E-state index < -0.39 is 5.60 Å². The molecule has 0 bridgehead atoms. The number of benzene rings is 3. The molecule has 0 saturated carbocycles. The molecule has 6 nitrogen and oxygen atoms in total. The molecule has 0 radical (unpaired) electrons. The number of thioether (sulfide) groups is 1. The minimum absolute atomic E-state index is 0.0116. The molecule has 206 valence electrons. The zero-order valence-electron chi connectivity index (χ0n) is 22.8. The molecule has 3 aromatic carbocycles. The van der Waals surface area contributed by atoms with Crippen molar-refractivity contribution in [2.45, 2.75) is 51.2 Å². The predicted molar refractivity (Wildman–Crippen MR) is 154 cm³/mol. The summed E-state index contributed by atoms with van der Waals surface area (Å²) in [7, 11) is 1.40. The van der Waals surface area contributed by atoms with Crippen molar-refractivity contribution in [1.29, 1.82) is 0 Å². The molecule has 1 N–H and O–H groups in total. The van der Waals surface area contributed by atoms with Gasteiger partial charge in [0.2, 0.25) is 0 Å². The van der Waals surface area contributed by atoms with Gasteiger partial charge in [-0.2, -0.15) is 11.8 Å². The number of hydrogen-bond donors (Lipinski definition) is 1. The number of carbonyl (C=O) groups is 1. The van der Waals surface area contributed by atoms with E-state index in [2.05, 4.69) is 50.2 Å². The molecule has 0 amide bonds. The molecule has 2 aliphatic rings. The monoisotopic (exact) mass is 548 g/mol. The third-order valence-electron chi connectivity index (χ3n) is 7.56. The Hall–Kier alpha value is -3.16. The maximum atomic E-state index is 11.7. The number of esters is 1. The van der Waals surface area contributed by atoms with E-state index in [1.807, 2.05) is 30.0 Å². The summed E-state index contributed by atoms with van der Waals surface area (Å²) < 4.78 is 22.8. The highest BCUT2D eigenvalue weighted by Gasteiger charge is 2.30. The highest BCUT2D eigenvalue weighted by atomic mass is 32.2. The Labute approximate surface area is 234 Å². The van der Waals surface area contributed by atoms with Crippen LogP contribution in [0.25, 0.3) is 11.1 Å². The summed E-state index contributed by atoms with van der Waals surface area (Å²) in [4.78, 5) is 11.7. The van der Waals surface area contributed by atoms with Gasteiger partial charge in [0.15, 0.2) is 0 Å². The highest BCUT2D eigenvalue weighted by molar-refractivity contribution is 7.99. The number of hydrogen-bond acceptors (Lipinski definition) is 7. The molecule has 0 aromatic heterocycles. The molecule has 1 atom stereocenters. The van der Waals surface area contributed by atoms with Gasteiger partial charge in [-0.15, -0.1) is 0 Å². The first-order valence-corrected chi connectivity index (χ1v) is 14.6. The molecule has 2 heterocycles. The summed E-state index contributed by atoms with van der Waals surface area (Å²) in [6.07, 6.45) is 1.86. The van der Waals surface area contributed by atoms with Gasteiger partial charge in [0.1, 0.15) is 36.1 Å². The van der Waals surface area contributed by atoms with Crippen molar-refractivity contribution in [2.75, 3.05) is 31.8 Å². The van der Waals surface area contributed by atoms with Crippen molar-refractivity contribution in [3.05, 3.63) is 76.9 Å². The molecular formula is C32H36O6S. The lowest BCUT2D eigenvalue weighted by atomic mass is 9.94. The third-order valence-corrected chi connectivity index (χ3v) is 8.55. The Morgan fingerprint density at radius 2 is 1.79 bits per heavy atom. The molecule has 0 aliphatic carbocycles. The van der Waals surface area contributed by atoms with Crippen molar-refractivity contribution < 1.29 is 28.8 Å². The van der Waals surface area contributed by atoms with Crippen LogP contribution in [0.3, 0.4) is 0 Å². The molecule has 7 heteroatoms. The zero-order valence-corrected chi connectivity index (χ0v) is 23.6. The van der Waals surface area contributed by atoms with E-state index in [4.69, 9.17) is 18.9 Å². The van der Waals surface area contributed by atoms with Crippen LogP contribution in [0.4, 0.5) is 0 Å². The first-order chi connectivity index (χ1) is 18.8. The summed E-state index contributed by atoms with van der Waals surface area (Å²) in [5.74, 6) is 4.03. The summed E-state index contributed by atoms with van der Waals surface area (Å²) >= 11 is 1.89. The molecular weight excluding hydrogens is 512 g/mol. The summed E-state index contributed by atoms with van der Waals surface area (Å²) in [6, 6.07) is 18.3. The van der Waals surface area contributed by atoms with Crippen LogP contribution in [0.5, 0.6) is 17.2 Å². The van der Waals surface area contributed by atoms with Crippen LogP contribution >= 0.6 is 11.8 Å². The van der Waals surface area contributed by atoms with Crippen LogP contribution in [0, 0.1) is 13.8 Å². The highest BCUT2D eigenvalue weighted by Crippen LogP contribution is 2.39. The summed E-state index contributed by atoms with van der Waals surface area (Å²) in [6.45, 7) is 5.43. The van der Waals surface area contributed by atoms with Gasteiger partial charge in [-0.3, -0.25) is 4.79 Å². The zero-order chi connectivity index (χ0) is 27.4. The Morgan fingerprint density at radius 3 is 2.54 bits per heavy atom. The number of methoxy groups -OCH3 is 1. The summed E-state index contributed by atoms with van der Waals surface area (Å²) in [5, 5.41) is 10.8. The molecule has 3 aromatic rings. The van der Waals surface area contributed by atoms with Gasteiger partial charge >= 0.3 is 5.97 Å². The Kier molecular flexibility index (Phi) is 8.38. The predicted octanol–water partition coefficient (Wildman–Crippen LogP) is 6.23. The van der Waals surface area contributed by atoms with E-state index >= 15 is 0 Å². The van der Waals surface area contributed by atoms with Gasteiger partial charge in [-0.25, -0.2) is 0 Å². The summed E-state index contributed by atoms with van der Waals surface area (Å²) in [5.41, 5.74) is 5.92.